The van der Waals surface area contributed by atoms with Crippen LogP contribution in [0.1, 0.15) is 19.4 Å². The number of nitriles is 1. The van der Waals surface area contributed by atoms with Gasteiger partial charge in [-0.3, -0.25) is 0 Å². The Morgan fingerprint density at radius 3 is 2.89 bits per heavy atom. The Morgan fingerprint density at radius 1 is 1.44 bits per heavy atom. The van der Waals surface area contributed by atoms with Gasteiger partial charge in [0.2, 0.25) is 0 Å². The van der Waals surface area contributed by atoms with Crippen molar-refractivity contribution in [3.63, 3.8) is 0 Å². The summed E-state index contributed by atoms with van der Waals surface area (Å²) in [5.74, 6) is 0.708. The van der Waals surface area contributed by atoms with Crippen LogP contribution < -0.4 is 10.5 Å². The Hall–Kier alpha value is -1.99. The van der Waals surface area contributed by atoms with E-state index in [2.05, 4.69) is 4.98 Å². The molecule has 0 saturated heterocycles. The lowest BCUT2D eigenvalue weighted by atomic mass is 9.96. The highest BCUT2D eigenvalue weighted by molar-refractivity contribution is 5.84. The molecule has 0 aliphatic carbocycles. The fraction of sp³-hybridized carbons (Fsp3) is 0.357. The van der Waals surface area contributed by atoms with Crippen LogP contribution in [-0.4, -0.2) is 17.1 Å². The van der Waals surface area contributed by atoms with Gasteiger partial charge in [0.1, 0.15) is 11.8 Å². The summed E-state index contributed by atoms with van der Waals surface area (Å²) < 4.78 is 5.31. The van der Waals surface area contributed by atoms with Gasteiger partial charge in [-0.2, -0.15) is 5.26 Å². The normalized spacial score (nSPS) is 11.4. The maximum absolute atomic E-state index is 8.51. The van der Waals surface area contributed by atoms with Crippen molar-refractivity contribution in [3.05, 3.63) is 30.0 Å². The molecule has 0 aliphatic heterocycles. The van der Waals surface area contributed by atoms with Crippen molar-refractivity contribution < 1.29 is 4.74 Å². The first-order chi connectivity index (χ1) is 8.49. The van der Waals surface area contributed by atoms with Gasteiger partial charge in [0, 0.05) is 22.6 Å². The van der Waals surface area contributed by atoms with Gasteiger partial charge in [0.15, 0.2) is 6.61 Å². The molecular weight excluding hydrogens is 226 g/mol. The van der Waals surface area contributed by atoms with Crippen molar-refractivity contribution in [1.29, 1.82) is 5.26 Å². The molecule has 0 spiro atoms. The van der Waals surface area contributed by atoms with Crippen LogP contribution in [0, 0.1) is 11.3 Å². The van der Waals surface area contributed by atoms with E-state index in [1.54, 1.807) is 0 Å². The molecule has 0 amide bonds. The summed E-state index contributed by atoms with van der Waals surface area (Å²) in [7, 11) is 0. The molecule has 0 saturated carbocycles. The zero-order valence-electron chi connectivity index (χ0n) is 10.7. The van der Waals surface area contributed by atoms with E-state index >= 15 is 0 Å². The summed E-state index contributed by atoms with van der Waals surface area (Å²) in [5, 5.41) is 9.61. The van der Waals surface area contributed by atoms with Crippen molar-refractivity contribution in [2.75, 3.05) is 6.61 Å². The molecule has 3 N–H and O–H groups in total. The molecule has 0 atom stereocenters. The molecule has 4 heteroatoms. The predicted octanol–water partition coefficient (Wildman–Crippen LogP) is 2.35. The average Bonchev–Trinajstić information content (AvgIpc) is 2.67. The number of rotatable bonds is 4. The van der Waals surface area contributed by atoms with Crippen LogP contribution >= 0.6 is 0 Å². The second kappa shape index (κ2) is 4.71. The third kappa shape index (κ3) is 2.82. The van der Waals surface area contributed by atoms with E-state index in [0.717, 1.165) is 17.3 Å². The lowest BCUT2D eigenvalue weighted by Crippen LogP contribution is -2.34. The highest BCUT2D eigenvalue weighted by Gasteiger charge is 2.15. The number of hydrogen-bond donors (Lipinski definition) is 2. The minimum atomic E-state index is -0.251. The minimum Gasteiger partial charge on any atom is -0.479 e. The van der Waals surface area contributed by atoms with Gasteiger partial charge in [-0.15, -0.1) is 0 Å². The Bertz CT molecular complexity index is 587. The van der Waals surface area contributed by atoms with Crippen LogP contribution in [0.4, 0.5) is 0 Å². The van der Waals surface area contributed by atoms with Gasteiger partial charge in [-0.05, 0) is 44.0 Å². The molecule has 2 rings (SSSR count). The molecule has 1 heterocycles. The molecule has 0 unspecified atom stereocenters. The maximum Gasteiger partial charge on any atom is 0.174 e. The van der Waals surface area contributed by atoms with Crippen molar-refractivity contribution >= 4 is 10.9 Å². The predicted molar refractivity (Wildman–Crippen MR) is 71.4 cm³/mol. The average molecular weight is 243 g/mol. The Balaban J connectivity index is 2.34. The molecule has 0 aliphatic rings. The van der Waals surface area contributed by atoms with E-state index in [4.69, 9.17) is 15.7 Å². The summed E-state index contributed by atoms with van der Waals surface area (Å²) in [6.07, 6.45) is 2.77. The number of aromatic nitrogens is 1. The topological polar surface area (TPSA) is 74.8 Å². The molecule has 18 heavy (non-hydrogen) atoms. The Morgan fingerprint density at radius 2 is 2.22 bits per heavy atom. The van der Waals surface area contributed by atoms with E-state index in [9.17, 15) is 0 Å². The van der Waals surface area contributed by atoms with Crippen LogP contribution in [-0.2, 0) is 6.42 Å². The lowest BCUT2D eigenvalue weighted by Gasteiger charge is -2.17. The number of nitrogens with one attached hydrogen (secondary N) is 1. The molecule has 0 fully saturated rings. The Labute approximate surface area is 106 Å². The Kier molecular flexibility index (Phi) is 3.26. The molecule has 1 aromatic carbocycles. The number of benzene rings is 1. The van der Waals surface area contributed by atoms with Crippen LogP contribution in [0.5, 0.6) is 5.75 Å². The minimum absolute atomic E-state index is 0.0631. The zero-order valence-corrected chi connectivity index (χ0v) is 10.7. The highest BCUT2D eigenvalue weighted by atomic mass is 16.5. The number of nitrogens with zero attached hydrogens (tertiary/aromatic N) is 1. The summed E-state index contributed by atoms with van der Waals surface area (Å²) in [5.41, 5.74) is 8.02. The highest BCUT2D eigenvalue weighted by Crippen LogP contribution is 2.25. The molecule has 2 aromatic rings. The summed E-state index contributed by atoms with van der Waals surface area (Å²) in [4.78, 5) is 3.22. The molecule has 0 bridgehead atoms. The third-order valence-electron chi connectivity index (χ3n) is 2.69. The third-order valence-corrected chi connectivity index (χ3v) is 2.69. The standard InChI is InChI=1S/C14H17N3O/c1-14(2,16)8-10-9-17-13-4-3-11(7-12(10)13)18-6-5-15/h3-4,7,9,17H,6,8,16H2,1-2H3. The summed E-state index contributed by atoms with van der Waals surface area (Å²) in [6.45, 7) is 4.07. The molecular formula is C14H17N3O. The van der Waals surface area contributed by atoms with Crippen LogP contribution in [0.15, 0.2) is 24.4 Å². The van der Waals surface area contributed by atoms with Crippen molar-refractivity contribution in [1.82, 2.24) is 4.98 Å². The van der Waals surface area contributed by atoms with Crippen molar-refractivity contribution in [2.24, 2.45) is 5.73 Å². The van der Waals surface area contributed by atoms with Gasteiger partial charge in [0.25, 0.3) is 0 Å². The number of hydrogen-bond acceptors (Lipinski definition) is 3. The van der Waals surface area contributed by atoms with Gasteiger partial charge >= 0.3 is 0 Å². The van der Waals surface area contributed by atoms with E-state index in [-0.39, 0.29) is 12.1 Å². The van der Waals surface area contributed by atoms with Crippen LogP contribution in [0.2, 0.25) is 0 Å². The monoisotopic (exact) mass is 243 g/mol. The van der Waals surface area contributed by atoms with Crippen LogP contribution in [0.25, 0.3) is 10.9 Å². The van der Waals surface area contributed by atoms with E-state index in [0.29, 0.717) is 5.75 Å². The SMILES string of the molecule is CC(C)(N)Cc1c[nH]c2ccc(OCC#N)cc12. The number of H-pyrrole nitrogens is 1. The number of nitrogens with two attached hydrogens (primary N) is 1. The molecule has 4 nitrogen and oxygen atoms in total. The number of ether oxygens (including phenoxy) is 1. The summed E-state index contributed by atoms with van der Waals surface area (Å²) in [6, 6.07) is 7.72. The van der Waals surface area contributed by atoms with Gasteiger partial charge in [-0.25, -0.2) is 0 Å². The first-order valence-electron chi connectivity index (χ1n) is 5.88. The molecule has 1 aromatic heterocycles. The smallest absolute Gasteiger partial charge is 0.174 e. The number of fused-ring (bicyclic) bond motifs is 1. The van der Waals surface area contributed by atoms with E-state index < -0.39 is 0 Å². The van der Waals surface area contributed by atoms with E-state index in [1.165, 1.54) is 5.56 Å². The van der Waals surface area contributed by atoms with Crippen LogP contribution in [0.3, 0.4) is 0 Å². The zero-order chi connectivity index (χ0) is 13.2. The quantitative estimate of drug-likeness (QED) is 0.865. The fourth-order valence-electron chi connectivity index (χ4n) is 2.00. The largest absolute Gasteiger partial charge is 0.479 e. The first-order valence-corrected chi connectivity index (χ1v) is 5.88. The van der Waals surface area contributed by atoms with Gasteiger partial charge in [0.05, 0.1) is 0 Å². The van der Waals surface area contributed by atoms with Crippen molar-refractivity contribution in [3.8, 4) is 11.8 Å². The lowest BCUT2D eigenvalue weighted by molar-refractivity contribution is 0.368. The van der Waals surface area contributed by atoms with Gasteiger partial charge in [-0.1, -0.05) is 0 Å². The summed E-state index contributed by atoms with van der Waals surface area (Å²) >= 11 is 0. The van der Waals surface area contributed by atoms with Crippen molar-refractivity contribution in [2.45, 2.75) is 25.8 Å². The fourth-order valence-corrected chi connectivity index (χ4v) is 2.00. The molecule has 94 valence electrons. The van der Waals surface area contributed by atoms with E-state index in [1.807, 2.05) is 44.3 Å². The second-order valence-electron chi connectivity index (χ2n) is 5.13. The first kappa shape index (κ1) is 12.5. The number of aromatic amines is 1. The maximum atomic E-state index is 8.51. The molecule has 0 radical (unpaired) electrons. The van der Waals surface area contributed by atoms with Gasteiger partial charge < -0.3 is 15.5 Å². The second-order valence-corrected chi connectivity index (χ2v) is 5.13.